The van der Waals surface area contributed by atoms with Crippen molar-refractivity contribution in [2.45, 2.75) is 63.3 Å². The number of H-pyrrole nitrogens is 1. The van der Waals surface area contributed by atoms with Gasteiger partial charge in [0.05, 0.1) is 16.3 Å². The predicted molar refractivity (Wildman–Crippen MR) is 96.6 cm³/mol. The maximum absolute atomic E-state index is 12.3. The molecule has 156 valence electrons. The third kappa shape index (κ3) is 5.28. The van der Waals surface area contributed by atoms with Gasteiger partial charge in [-0.2, -0.15) is 4.98 Å². The molecular weight excluding hydrogens is 399 g/mol. The number of aromatic amines is 1. The Morgan fingerprint density at radius 2 is 1.89 bits per heavy atom. The summed E-state index contributed by atoms with van der Waals surface area (Å²) in [5.74, 6) is -0.340. The van der Waals surface area contributed by atoms with E-state index in [0.29, 0.717) is 36.7 Å². The molecule has 2 aromatic rings. The van der Waals surface area contributed by atoms with Crippen molar-refractivity contribution in [2.24, 2.45) is 0 Å². The number of alkyl halides is 3. The van der Waals surface area contributed by atoms with Crippen LogP contribution in [0.2, 0.25) is 0 Å². The van der Waals surface area contributed by atoms with Crippen LogP contribution in [0.4, 0.5) is 13.2 Å². The maximum atomic E-state index is 12.3. The van der Waals surface area contributed by atoms with Crippen LogP contribution >= 0.6 is 0 Å². The summed E-state index contributed by atoms with van der Waals surface area (Å²) >= 11 is 0. The maximum Gasteiger partial charge on any atom is 0.573 e. The first-order valence-corrected chi connectivity index (χ1v) is 10.5. The first-order chi connectivity index (χ1) is 13.0. The summed E-state index contributed by atoms with van der Waals surface area (Å²) in [7, 11) is -3.31. The Bertz CT molecular complexity index is 919. The molecule has 1 aromatic heterocycles. The fourth-order valence-corrected chi connectivity index (χ4v) is 4.02. The molecule has 1 aliphatic carbocycles. The molecule has 2 N–H and O–H groups in total. The molecule has 0 atom stereocenters. The van der Waals surface area contributed by atoms with Crippen molar-refractivity contribution >= 4 is 21.1 Å². The van der Waals surface area contributed by atoms with Gasteiger partial charge in [-0.15, -0.1) is 13.2 Å². The largest absolute Gasteiger partial charge is 0.573 e. The lowest BCUT2D eigenvalue weighted by Gasteiger charge is -2.29. The summed E-state index contributed by atoms with van der Waals surface area (Å²) in [5, 5.41) is -0.483. The molecule has 0 aliphatic heterocycles. The van der Waals surface area contributed by atoms with Crippen molar-refractivity contribution in [3.05, 3.63) is 18.2 Å². The van der Waals surface area contributed by atoms with Gasteiger partial charge in [-0.3, -0.25) is 0 Å². The van der Waals surface area contributed by atoms with E-state index in [2.05, 4.69) is 19.4 Å². The molecule has 1 aliphatic rings. The number of nitrogens with one attached hydrogen (secondary N) is 2. The van der Waals surface area contributed by atoms with Crippen molar-refractivity contribution in [3.63, 3.8) is 0 Å². The molecule has 0 bridgehead atoms. The highest BCUT2D eigenvalue weighted by Crippen LogP contribution is 2.28. The fraction of sp³-hybridized carbons (Fsp3) is 0.588. The molecule has 11 heteroatoms. The van der Waals surface area contributed by atoms with Crippen LogP contribution in [0, 0.1) is 0 Å². The molecule has 0 saturated heterocycles. The zero-order valence-corrected chi connectivity index (χ0v) is 16.2. The van der Waals surface area contributed by atoms with Gasteiger partial charge in [0.2, 0.25) is 10.0 Å². The Morgan fingerprint density at radius 1 is 1.21 bits per heavy atom. The lowest BCUT2D eigenvalue weighted by molar-refractivity contribution is -0.274. The Hall–Kier alpha value is -2.01. The molecule has 0 unspecified atom stereocenters. The van der Waals surface area contributed by atoms with Gasteiger partial charge in [-0.05, 0) is 51.7 Å². The minimum Gasteiger partial charge on any atom is -0.461 e. The van der Waals surface area contributed by atoms with Crippen LogP contribution < -0.4 is 14.2 Å². The summed E-state index contributed by atoms with van der Waals surface area (Å²) in [5.41, 5.74) is 0.832. The summed E-state index contributed by atoms with van der Waals surface area (Å²) in [6.07, 6.45) is -2.34. The van der Waals surface area contributed by atoms with Crippen molar-refractivity contribution in [1.82, 2.24) is 14.7 Å². The number of ether oxygens (including phenoxy) is 2. The van der Waals surface area contributed by atoms with E-state index in [0.717, 1.165) is 0 Å². The lowest BCUT2D eigenvalue weighted by Crippen LogP contribution is -2.42. The first kappa shape index (κ1) is 20.7. The van der Waals surface area contributed by atoms with Gasteiger partial charge in [-0.25, -0.2) is 13.1 Å². The molecule has 0 spiro atoms. The Labute approximate surface area is 160 Å². The minimum absolute atomic E-state index is 0.120. The third-order valence-electron chi connectivity index (χ3n) is 4.57. The van der Waals surface area contributed by atoms with Gasteiger partial charge in [0.1, 0.15) is 11.9 Å². The van der Waals surface area contributed by atoms with Gasteiger partial charge < -0.3 is 14.5 Å². The molecule has 0 amide bonds. The van der Waals surface area contributed by atoms with Gasteiger partial charge >= 0.3 is 6.36 Å². The van der Waals surface area contributed by atoms with E-state index in [1.54, 1.807) is 13.8 Å². The summed E-state index contributed by atoms with van der Waals surface area (Å²) in [6.45, 7) is 3.26. The Kier molecular flexibility index (Phi) is 5.76. The van der Waals surface area contributed by atoms with Gasteiger partial charge in [-0.1, -0.05) is 0 Å². The summed E-state index contributed by atoms with van der Waals surface area (Å²) < 4.78 is 73.3. The average Bonchev–Trinajstić information content (AvgIpc) is 2.96. The molecule has 7 nitrogen and oxygen atoms in total. The number of hydrogen-bond donors (Lipinski definition) is 2. The third-order valence-corrected chi connectivity index (χ3v) is 6.47. The molecule has 1 fully saturated rings. The monoisotopic (exact) mass is 421 g/mol. The van der Waals surface area contributed by atoms with Crippen LogP contribution in [0.25, 0.3) is 11.0 Å². The van der Waals surface area contributed by atoms with E-state index in [1.807, 2.05) is 0 Å². The number of fused-ring (bicyclic) bond motifs is 1. The van der Waals surface area contributed by atoms with Crippen LogP contribution in [0.3, 0.4) is 0 Å². The van der Waals surface area contributed by atoms with E-state index < -0.39 is 21.6 Å². The Balaban J connectivity index is 1.58. The fourth-order valence-electron chi connectivity index (χ4n) is 3.04. The van der Waals surface area contributed by atoms with Crippen molar-refractivity contribution < 1.29 is 31.1 Å². The Morgan fingerprint density at radius 3 is 2.50 bits per heavy atom. The number of hydrogen-bond acceptors (Lipinski definition) is 5. The summed E-state index contributed by atoms with van der Waals surface area (Å²) in [6, 6.07) is 3.90. The van der Waals surface area contributed by atoms with Crippen LogP contribution in [0.5, 0.6) is 11.8 Å². The molecular formula is C17H22F3N3O4S. The average molecular weight is 421 g/mol. The zero-order chi connectivity index (χ0) is 20.5. The second-order valence-electron chi connectivity index (χ2n) is 7.07. The standard InChI is InChI=1S/C17H22F3N3O4S/c1-10(2)28(24,25)23-11-3-5-12(6-4-11)26-16-21-14-8-7-13(9-15(14)22-16)27-17(18,19)20/h7-12,23H,3-6H2,1-2H3,(H,21,22). The van der Waals surface area contributed by atoms with Crippen molar-refractivity contribution in [3.8, 4) is 11.8 Å². The predicted octanol–water partition coefficient (Wildman–Crippen LogP) is 3.48. The topological polar surface area (TPSA) is 93.3 Å². The van der Waals surface area contributed by atoms with E-state index in [4.69, 9.17) is 4.74 Å². The highest BCUT2D eigenvalue weighted by Gasteiger charge is 2.31. The van der Waals surface area contributed by atoms with E-state index in [1.165, 1.54) is 18.2 Å². The van der Waals surface area contributed by atoms with Crippen LogP contribution in [-0.4, -0.2) is 42.1 Å². The summed E-state index contributed by atoms with van der Waals surface area (Å²) in [4.78, 5) is 7.06. The number of sulfonamides is 1. The number of halogens is 3. The molecule has 0 radical (unpaired) electrons. The number of benzene rings is 1. The number of imidazole rings is 1. The normalized spacial score (nSPS) is 21.2. The minimum atomic E-state index is -4.76. The molecule has 1 aromatic carbocycles. The number of nitrogens with zero attached hydrogens (tertiary/aromatic N) is 1. The number of rotatable bonds is 6. The molecule has 1 saturated carbocycles. The molecule has 1 heterocycles. The van der Waals surface area contributed by atoms with E-state index >= 15 is 0 Å². The second-order valence-corrected chi connectivity index (χ2v) is 9.34. The van der Waals surface area contributed by atoms with Crippen molar-refractivity contribution in [1.29, 1.82) is 0 Å². The van der Waals surface area contributed by atoms with Gasteiger partial charge in [0.15, 0.2) is 0 Å². The zero-order valence-electron chi connectivity index (χ0n) is 15.4. The van der Waals surface area contributed by atoms with E-state index in [9.17, 15) is 21.6 Å². The smallest absolute Gasteiger partial charge is 0.461 e. The van der Waals surface area contributed by atoms with Crippen LogP contribution in [0.1, 0.15) is 39.5 Å². The SMILES string of the molecule is CC(C)S(=O)(=O)NC1CCC(Oc2nc3ccc(OC(F)(F)F)cc3[nH]2)CC1. The van der Waals surface area contributed by atoms with E-state index in [-0.39, 0.29) is 23.9 Å². The second kappa shape index (κ2) is 7.78. The highest BCUT2D eigenvalue weighted by atomic mass is 32.2. The van der Waals surface area contributed by atoms with Crippen LogP contribution in [-0.2, 0) is 10.0 Å². The van der Waals surface area contributed by atoms with Crippen LogP contribution in [0.15, 0.2) is 18.2 Å². The quantitative estimate of drug-likeness (QED) is 0.745. The van der Waals surface area contributed by atoms with Gasteiger partial charge in [0, 0.05) is 12.1 Å². The van der Waals surface area contributed by atoms with Gasteiger partial charge in [0.25, 0.3) is 6.01 Å². The first-order valence-electron chi connectivity index (χ1n) is 8.95. The molecule has 3 rings (SSSR count). The number of aromatic nitrogens is 2. The van der Waals surface area contributed by atoms with Crippen molar-refractivity contribution in [2.75, 3.05) is 0 Å². The molecule has 28 heavy (non-hydrogen) atoms. The lowest BCUT2D eigenvalue weighted by atomic mass is 9.94. The highest BCUT2D eigenvalue weighted by molar-refractivity contribution is 7.90.